The van der Waals surface area contributed by atoms with E-state index < -0.39 is 11.5 Å². The van der Waals surface area contributed by atoms with Crippen LogP contribution >= 0.6 is 0 Å². The average Bonchev–Trinajstić information content (AvgIpc) is 2.52. The lowest BCUT2D eigenvalue weighted by atomic mass is 9.92. The van der Waals surface area contributed by atoms with Crippen molar-refractivity contribution in [3.8, 4) is 0 Å². The minimum Gasteiger partial charge on any atom is -0.480 e. The molecule has 2 fully saturated rings. The van der Waals surface area contributed by atoms with E-state index in [9.17, 15) is 9.90 Å². The van der Waals surface area contributed by atoms with Crippen LogP contribution in [0.3, 0.4) is 0 Å². The summed E-state index contributed by atoms with van der Waals surface area (Å²) in [5, 5.41) is 9.29. The normalized spacial score (nSPS) is 34.3. The summed E-state index contributed by atoms with van der Waals surface area (Å²) in [6.07, 6.45) is 4.78. The van der Waals surface area contributed by atoms with Gasteiger partial charge in [-0.25, -0.2) is 0 Å². The van der Waals surface area contributed by atoms with Gasteiger partial charge in [0.25, 0.3) is 0 Å². The van der Waals surface area contributed by atoms with Crippen molar-refractivity contribution in [2.24, 2.45) is 0 Å². The molecule has 0 amide bonds. The second-order valence-electron chi connectivity index (χ2n) is 6.15. The molecule has 2 heterocycles. The van der Waals surface area contributed by atoms with Crippen LogP contribution in [-0.4, -0.2) is 58.6 Å². The molecular formula is C13H24N2O2. The second-order valence-corrected chi connectivity index (χ2v) is 6.15. The molecule has 2 rings (SSSR count). The summed E-state index contributed by atoms with van der Waals surface area (Å²) in [4.78, 5) is 15.8. The predicted molar refractivity (Wildman–Crippen MR) is 67.1 cm³/mol. The SMILES string of the molecule is CN1C2CCC1CC(N(C)C(C)(C)C(=O)O)C2. The van der Waals surface area contributed by atoms with Gasteiger partial charge in [0.15, 0.2) is 0 Å². The first kappa shape index (κ1) is 12.8. The van der Waals surface area contributed by atoms with E-state index in [1.807, 2.05) is 7.05 Å². The largest absolute Gasteiger partial charge is 0.480 e. The lowest BCUT2D eigenvalue weighted by Crippen LogP contribution is -2.57. The average molecular weight is 240 g/mol. The zero-order chi connectivity index (χ0) is 12.8. The molecule has 0 saturated carbocycles. The van der Waals surface area contributed by atoms with Crippen LogP contribution in [-0.2, 0) is 4.79 Å². The van der Waals surface area contributed by atoms with Crippen LogP contribution in [0.5, 0.6) is 0 Å². The Morgan fingerprint density at radius 1 is 1.29 bits per heavy atom. The number of hydrogen-bond acceptors (Lipinski definition) is 3. The predicted octanol–water partition coefficient (Wildman–Crippen LogP) is 1.41. The number of rotatable bonds is 3. The summed E-state index contributed by atoms with van der Waals surface area (Å²) in [5.41, 5.74) is -0.764. The Morgan fingerprint density at radius 3 is 2.18 bits per heavy atom. The van der Waals surface area contributed by atoms with Gasteiger partial charge in [0.2, 0.25) is 0 Å². The molecule has 2 aliphatic heterocycles. The van der Waals surface area contributed by atoms with Crippen LogP contribution in [0, 0.1) is 0 Å². The fourth-order valence-electron chi connectivity index (χ4n) is 3.31. The Morgan fingerprint density at radius 2 is 1.76 bits per heavy atom. The Kier molecular flexibility index (Phi) is 3.21. The summed E-state index contributed by atoms with van der Waals surface area (Å²) in [7, 11) is 4.17. The van der Waals surface area contributed by atoms with E-state index in [1.54, 1.807) is 13.8 Å². The van der Waals surface area contributed by atoms with Crippen LogP contribution < -0.4 is 0 Å². The van der Waals surface area contributed by atoms with Gasteiger partial charge in [-0.3, -0.25) is 9.69 Å². The van der Waals surface area contributed by atoms with E-state index in [4.69, 9.17) is 0 Å². The minimum atomic E-state index is -0.764. The number of fused-ring (bicyclic) bond motifs is 2. The third-order valence-electron chi connectivity index (χ3n) is 5.03. The van der Waals surface area contributed by atoms with Gasteiger partial charge in [0.05, 0.1) is 0 Å². The molecule has 0 aromatic rings. The fourth-order valence-corrected chi connectivity index (χ4v) is 3.31. The minimum absolute atomic E-state index is 0.412. The highest BCUT2D eigenvalue weighted by Crippen LogP contribution is 2.37. The van der Waals surface area contributed by atoms with Gasteiger partial charge in [-0.05, 0) is 53.6 Å². The van der Waals surface area contributed by atoms with Crippen molar-refractivity contribution in [3.05, 3.63) is 0 Å². The number of carbonyl (C=O) groups is 1. The van der Waals surface area contributed by atoms with Gasteiger partial charge >= 0.3 is 5.97 Å². The lowest BCUT2D eigenvalue weighted by molar-refractivity contribution is -0.150. The van der Waals surface area contributed by atoms with Crippen LogP contribution in [0.2, 0.25) is 0 Å². The highest BCUT2D eigenvalue weighted by molar-refractivity contribution is 5.77. The number of carboxylic acid groups (broad SMARTS) is 1. The molecule has 2 atom stereocenters. The Balaban J connectivity index is 2.07. The van der Waals surface area contributed by atoms with Crippen molar-refractivity contribution >= 4 is 5.97 Å². The van der Waals surface area contributed by atoms with Gasteiger partial charge in [-0.2, -0.15) is 0 Å². The Bertz CT molecular complexity index is 303. The van der Waals surface area contributed by atoms with Crippen molar-refractivity contribution in [3.63, 3.8) is 0 Å². The first-order chi connectivity index (χ1) is 7.84. The summed E-state index contributed by atoms with van der Waals surface area (Å²) in [5.74, 6) is -0.730. The van der Waals surface area contributed by atoms with Crippen molar-refractivity contribution in [1.29, 1.82) is 0 Å². The maximum atomic E-state index is 11.3. The van der Waals surface area contributed by atoms with Gasteiger partial charge in [-0.1, -0.05) is 0 Å². The molecule has 4 nitrogen and oxygen atoms in total. The van der Waals surface area contributed by atoms with Gasteiger partial charge < -0.3 is 10.0 Å². The summed E-state index contributed by atoms with van der Waals surface area (Å²) in [6, 6.07) is 1.73. The number of likely N-dealkylation sites (N-methyl/N-ethyl adjacent to an activating group) is 1. The number of piperidine rings is 1. The molecule has 0 spiro atoms. The molecule has 2 aliphatic rings. The number of carboxylic acids is 1. The van der Waals surface area contributed by atoms with E-state index in [0.717, 1.165) is 12.8 Å². The maximum absolute atomic E-state index is 11.3. The van der Waals surface area contributed by atoms with E-state index in [2.05, 4.69) is 16.8 Å². The first-order valence-corrected chi connectivity index (χ1v) is 6.52. The van der Waals surface area contributed by atoms with Crippen molar-refractivity contribution < 1.29 is 9.90 Å². The van der Waals surface area contributed by atoms with Crippen LogP contribution in [0.1, 0.15) is 39.5 Å². The molecule has 98 valence electrons. The summed E-state index contributed by atoms with van der Waals surface area (Å²) >= 11 is 0. The zero-order valence-corrected chi connectivity index (χ0v) is 11.3. The summed E-state index contributed by atoms with van der Waals surface area (Å²) < 4.78 is 0. The number of aliphatic carboxylic acids is 1. The smallest absolute Gasteiger partial charge is 0.323 e. The Labute approximate surface area is 104 Å². The lowest BCUT2D eigenvalue weighted by Gasteiger charge is -2.44. The van der Waals surface area contributed by atoms with Crippen molar-refractivity contribution in [1.82, 2.24) is 9.80 Å². The number of hydrogen-bond donors (Lipinski definition) is 1. The first-order valence-electron chi connectivity index (χ1n) is 6.52. The molecule has 0 aromatic heterocycles. The maximum Gasteiger partial charge on any atom is 0.323 e. The molecule has 0 aromatic carbocycles. The van der Waals surface area contributed by atoms with Crippen molar-refractivity contribution in [2.45, 2.75) is 63.2 Å². The van der Waals surface area contributed by atoms with Gasteiger partial charge in [0.1, 0.15) is 5.54 Å². The molecule has 2 bridgehead atoms. The second kappa shape index (κ2) is 4.25. The van der Waals surface area contributed by atoms with Crippen LogP contribution in [0.25, 0.3) is 0 Å². The van der Waals surface area contributed by atoms with Gasteiger partial charge in [-0.15, -0.1) is 0 Å². The topological polar surface area (TPSA) is 43.8 Å². The highest BCUT2D eigenvalue weighted by Gasteiger charge is 2.44. The quantitative estimate of drug-likeness (QED) is 0.810. The summed E-state index contributed by atoms with van der Waals surface area (Å²) in [6.45, 7) is 3.60. The number of nitrogens with zero attached hydrogens (tertiary/aromatic N) is 2. The fraction of sp³-hybridized carbons (Fsp3) is 0.923. The van der Waals surface area contributed by atoms with E-state index in [-0.39, 0.29) is 0 Å². The van der Waals surface area contributed by atoms with E-state index in [1.165, 1.54) is 12.8 Å². The van der Waals surface area contributed by atoms with Crippen LogP contribution in [0.4, 0.5) is 0 Å². The van der Waals surface area contributed by atoms with Gasteiger partial charge in [0, 0.05) is 18.1 Å². The molecule has 4 heteroatoms. The molecule has 2 unspecified atom stereocenters. The molecule has 0 aliphatic carbocycles. The third kappa shape index (κ3) is 2.08. The standard InChI is InChI=1S/C13H24N2O2/c1-13(2,12(16)17)15(4)11-7-9-5-6-10(8-11)14(9)3/h9-11H,5-8H2,1-4H3,(H,16,17). The van der Waals surface area contributed by atoms with Crippen LogP contribution in [0.15, 0.2) is 0 Å². The van der Waals surface area contributed by atoms with E-state index >= 15 is 0 Å². The molecular weight excluding hydrogens is 216 g/mol. The Hall–Kier alpha value is -0.610. The highest BCUT2D eigenvalue weighted by atomic mass is 16.4. The molecule has 17 heavy (non-hydrogen) atoms. The molecule has 0 radical (unpaired) electrons. The van der Waals surface area contributed by atoms with Crippen molar-refractivity contribution in [2.75, 3.05) is 14.1 Å². The van der Waals surface area contributed by atoms with E-state index in [0.29, 0.717) is 18.1 Å². The third-order valence-corrected chi connectivity index (χ3v) is 5.03. The monoisotopic (exact) mass is 240 g/mol. The molecule has 1 N–H and O–H groups in total. The zero-order valence-electron chi connectivity index (χ0n) is 11.3. The molecule has 2 saturated heterocycles.